The molecule has 5 nitrogen and oxygen atoms in total. The fourth-order valence-electron chi connectivity index (χ4n) is 3.60. The van der Waals surface area contributed by atoms with Gasteiger partial charge in [0, 0.05) is 17.2 Å². The van der Waals surface area contributed by atoms with Crippen molar-refractivity contribution in [3.63, 3.8) is 0 Å². The summed E-state index contributed by atoms with van der Waals surface area (Å²) in [6, 6.07) is 13.7. The molecule has 0 atom stereocenters. The second-order valence-electron chi connectivity index (χ2n) is 7.59. The first-order valence-electron chi connectivity index (χ1n) is 9.70. The van der Waals surface area contributed by atoms with Crippen LogP contribution < -0.4 is 5.73 Å². The summed E-state index contributed by atoms with van der Waals surface area (Å²) < 4.78 is 11.7. The van der Waals surface area contributed by atoms with E-state index in [-0.39, 0.29) is 0 Å². The van der Waals surface area contributed by atoms with E-state index in [1.54, 1.807) is 6.07 Å². The number of aliphatic hydroxyl groups is 2. The summed E-state index contributed by atoms with van der Waals surface area (Å²) in [5, 5.41) is 21.5. The molecule has 0 saturated heterocycles. The van der Waals surface area contributed by atoms with Crippen molar-refractivity contribution in [1.29, 1.82) is 0 Å². The maximum atomic E-state index is 9.49. The first kappa shape index (κ1) is 20.0. The van der Waals surface area contributed by atoms with E-state index < -0.39 is 18.8 Å². The van der Waals surface area contributed by atoms with Crippen LogP contribution in [0.2, 0.25) is 5.02 Å². The fraction of sp³-hybridized carbons (Fsp3) is 0.304. The lowest BCUT2D eigenvalue weighted by atomic mass is 9.99. The Balaban J connectivity index is 1.64. The third-order valence-electron chi connectivity index (χ3n) is 5.23. The molecule has 0 fully saturated rings. The Kier molecular flexibility index (Phi) is 5.40. The van der Waals surface area contributed by atoms with Gasteiger partial charge in [-0.3, -0.25) is 0 Å². The molecule has 4 N–H and O–H groups in total. The van der Waals surface area contributed by atoms with Gasteiger partial charge in [0.1, 0.15) is 22.6 Å². The number of nitrogens with two attached hydrogens (primary N) is 1. The number of benzene rings is 2. The van der Waals surface area contributed by atoms with Crippen LogP contribution in [0.1, 0.15) is 36.0 Å². The van der Waals surface area contributed by atoms with E-state index in [4.69, 9.17) is 26.2 Å². The molecule has 152 valence electrons. The van der Waals surface area contributed by atoms with E-state index >= 15 is 0 Å². The highest BCUT2D eigenvalue weighted by Gasteiger charge is 2.30. The Labute approximate surface area is 173 Å². The number of aryl methyl sites for hydroxylation is 1. The minimum atomic E-state index is -1.30. The maximum Gasteiger partial charge on any atom is 0.152 e. The molecule has 0 unspecified atom stereocenters. The zero-order valence-corrected chi connectivity index (χ0v) is 17.0. The average molecular weight is 414 g/mol. The molecule has 4 aromatic rings. The summed E-state index contributed by atoms with van der Waals surface area (Å²) in [5.74, 6) is 1.19. The second kappa shape index (κ2) is 7.84. The molecule has 4 rings (SSSR count). The summed E-state index contributed by atoms with van der Waals surface area (Å²) >= 11 is 6.41. The molecule has 0 saturated carbocycles. The zero-order valence-electron chi connectivity index (χ0n) is 16.2. The van der Waals surface area contributed by atoms with Crippen LogP contribution in [0.5, 0.6) is 0 Å². The third-order valence-corrected chi connectivity index (χ3v) is 5.52. The molecule has 2 heterocycles. The third kappa shape index (κ3) is 3.79. The first-order chi connectivity index (χ1) is 14.0. The van der Waals surface area contributed by atoms with E-state index in [9.17, 15) is 10.2 Å². The van der Waals surface area contributed by atoms with Crippen LogP contribution in [-0.2, 0) is 18.4 Å². The smallest absolute Gasteiger partial charge is 0.152 e. The average Bonchev–Trinajstić information content (AvgIpc) is 3.31. The SMILES string of the molecule is CCCc1cc(Cl)c2oc(Cc3ccc4oc(C(N)(CO)CO)cc4c3)cc2c1. The highest BCUT2D eigenvalue weighted by atomic mass is 35.5. The maximum absolute atomic E-state index is 9.49. The molecule has 2 aromatic heterocycles. The number of halogens is 1. The van der Waals surface area contributed by atoms with Crippen molar-refractivity contribution in [2.45, 2.75) is 31.7 Å². The summed E-state index contributed by atoms with van der Waals surface area (Å²) in [7, 11) is 0. The van der Waals surface area contributed by atoms with Gasteiger partial charge in [-0.15, -0.1) is 0 Å². The summed E-state index contributed by atoms with van der Waals surface area (Å²) in [4.78, 5) is 0. The van der Waals surface area contributed by atoms with Gasteiger partial charge in [0.25, 0.3) is 0 Å². The summed E-state index contributed by atoms with van der Waals surface area (Å²) in [6.45, 7) is 1.33. The van der Waals surface area contributed by atoms with Crippen molar-refractivity contribution >= 4 is 33.5 Å². The van der Waals surface area contributed by atoms with Crippen molar-refractivity contribution in [2.24, 2.45) is 5.73 Å². The van der Waals surface area contributed by atoms with Crippen LogP contribution >= 0.6 is 11.6 Å². The van der Waals surface area contributed by atoms with Crippen LogP contribution in [0.3, 0.4) is 0 Å². The Hall–Kier alpha value is -2.31. The van der Waals surface area contributed by atoms with Crippen LogP contribution in [0.15, 0.2) is 51.3 Å². The van der Waals surface area contributed by atoms with Crippen LogP contribution in [0.25, 0.3) is 21.9 Å². The Morgan fingerprint density at radius 2 is 1.72 bits per heavy atom. The predicted molar refractivity (Wildman–Crippen MR) is 114 cm³/mol. The van der Waals surface area contributed by atoms with Gasteiger partial charge in [-0.05, 0) is 53.9 Å². The molecule has 0 aliphatic heterocycles. The summed E-state index contributed by atoms with van der Waals surface area (Å²) in [6.07, 6.45) is 2.66. The van der Waals surface area contributed by atoms with Crippen LogP contribution in [0.4, 0.5) is 0 Å². The number of hydrogen-bond donors (Lipinski definition) is 3. The first-order valence-corrected chi connectivity index (χ1v) is 10.1. The molecule has 0 spiro atoms. The Bertz CT molecular complexity index is 1160. The lowest BCUT2D eigenvalue weighted by Crippen LogP contribution is -2.43. The van der Waals surface area contributed by atoms with Crippen molar-refractivity contribution in [3.05, 3.63) is 70.1 Å². The van der Waals surface area contributed by atoms with Gasteiger partial charge in [0.15, 0.2) is 5.58 Å². The molecule has 0 radical (unpaired) electrons. The van der Waals surface area contributed by atoms with E-state index in [0.717, 1.165) is 34.9 Å². The van der Waals surface area contributed by atoms with Crippen molar-refractivity contribution in [3.8, 4) is 0 Å². The highest BCUT2D eigenvalue weighted by molar-refractivity contribution is 6.34. The predicted octanol–water partition coefficient (Wildman–Crippen LogP) is 4.51. The Morgan fingerprint density at radius 1 is 0.966 bits per heavy atom. The molecule has 0 bridgehead atoms. The van der Waals surface area contributed by atoms with E-state index in [1.165, 1.54) is 5.56 Å². The molecule has 0 aliphatic carbocycles. The van der Waals surface area contributed by atoms with E-state index in [2.05, 4.69) is 13.0 Å². The number of aliphatic hydroxyl groups excluding tert-OH is 2. The van der Waals surface area contributed by atoms with Crippen molar-refractivity contribution in [1.82, 2.24) is 0 Å². The zero-order chi connectivity index (χ0) is 20.6. The van der Waals surface area contributed by atoms with Gasteiger partial charge in [-0.1, -0.05) is 31.0 Å². The van der Waals surface area contributed by atoms with Gasteiger partial charge in [0.05, 0.1) is 18.2 Å². The molecule has 0 amide bonds. The van der Waals surface area contributed by atoms with Crippen LogP contribution in [-0.4, -0.2) is 23.4 Å². The van der Waals surface area contributed by atoms with Gasteiger partial charge < -0.3 is 24.8 Å². The molecule has 0 aliphatic rings. The highest BCUT2D eigenvalue weighted by Crippen LogP contribution is 2.31. The lowest BCUT2D eigenvalue weighted by Gasteiger charge is -2.21. The number of hydrogen-bond acceptors (Lipinski definition) is 5. The van der Waals surface area contributed by atoms with Crippen molar-refractivity contribution < 1.29 is 19.0 Å². The molecular formula is C23H24ClNO4. The van der Waals surface area contributed by atoms with E-state index in [0.29, 0.717) is 28.4 Å². The molecule has 6 heteroatoms. The monoisotopic (exact) mass is 413 g/mol. The Morgan fingerprint density at radius 3 is 2.45 bits per heavy atom. The molecular weight excluding hydrogens is 390 g/mol. The van der Waals surface area contributed by atoms with Gasteiger partial charge in [-0.2, -0.15) is 0 Å². The van der Waals surface area contributed by atoms with Crippen LogP contribution in [0, 0.1) is 0 Å². The van der Waals surface area contributed by atoms with Gasteiger partial charge in [-0.25, -0.2) is 0 Å². The quantitative estimate of drug-likeness (QED) is 0.414. The second-order valence-corrected chi connectivity index (χ2v) is 8.00. The van der Waals surface area contributed by atoms with Crippen molar-refractivity contribution in [2.75, 3.05) is 13.2 Å². The normalized spacial score (nSPS) is 12.3. The minimum Gasteiger partial charge on any atom is -0.459 e. The number of furan rings is 2. The topological polar surface area (TPSA) is 92.8 Å². The largest absolute Gasteiger partial charge is 0.459 e. The standard InChI is InChI=1S/C23H24ClNO4/c1-2-3-14-7-17-10-18(28-22(17)19(24)9-14)8-15-4-5-20-16(6-15)11-21(29-20)23(25,12-26)13-27/h4-7,9-11,26-27H,2-3,8,12-13,25H2,1H3. The molecule has 29 heavy (non-hydrogen) atoms. The lowest BCUT2D eigenvalue weighted by molar-refractivity contribution is 0.105. The van der Waals surface area contributed by atoms with Gasteiger partial charge >= 0.3 is 0 Å². The molecule has 2 aromatic carbocycles. The summed E-state index contributed by atoms with van der Waals surface area (Å²) in [5.41, 5.74) is 8.33. The van der Waals surface area contributed by atoms with Gasteiger partial charge in [0.2, 0.25) is 0 Å². The fourth-order valence-corrected chi connectivity index (χ4v) is 3.89. The number of rotatable bonds is 7. The minimum absolute atomic E-state index is 0.355. The van der Waals surface area contributed by atoms with E-state index in [1.807, 2.05) is 30.3 Å². The number of fused-ring (bicyclic) bond motifs is 2.